The number of halogens is 3. The predicted molar refractivity (Wildman–Crippen MR) is 103 cm³/mol. The van der Waals surface area contributed by atoms with Gasteiger partial charge in [0.1, 0.15) is 17.0 Å². The Morgan fingerprint density at radius 1 is 1.29 bits per heavy atom. The number of hydrogen-bond donors (Lipinski definition) is 2. The Kier molecular flexibility index (Phi) is 5.46. The van der Waals surface area contributed by atoms with Crippen LogP contribution >= 0.6 is 0 Å². The number of nitrogens with two attached hydrogens (primary N) is 1. The Hall–Kier alpha value is -2.95. The molecule has 166 valence electrons. The zero-order valence-electron chi connectivity index (χ0n) is 16.8. The number of amides is 2. The van der Waals surface area contributed by atoms with Crippen molar-refractivity contribution < 1.29 is 27.5 Å². The number of hydrogen-bond acceptors (Lipinski definition) is 5. The van der Waals surface area contributed by atoms with Crippen LogP contribution in [0.2, 0.25) is 0 Å². The summed E-state index contributed by atoms with van der Waals surface area (Å²) in [6.45, 7) is 1.94. The summed E-state index contributed by atoms with van der Waals surface area (Å²) in [6, 6.07) is 2.57. The molecule has 8 nitrogen and oxygen atoms in total. The Bertz CT molecular complexity index is 1020. The summed E-state index contributed by atoms with van der Waals surface area (Å²) in [5.41, 5.74) is 3.50. The predicted octanol–water partition coefficient (Wildman–Crippen LogP) is 3.09. The molecule has 2 aromatic heterocycles. The number of primary amides is 1. The van der Waals surface area contributed by atoms with Gasteiger partial charge >= 0.3 is 6.18 Å². The third-order valence-corrected chi connectivity index (χ3v) is 5.41. The molecule has 1 saturated heterocycles. The monoisotopic (exact) mass is 437 g/mol. The fourth-order valence-corrected chi connectivity index (χ4v) is 3.81. The number of rotatable bonds is 6. The molecule has 1 aliphatic carbocycles. The second kappa shape index (κ2) is 7.95. The van der Waals surface area contributed by atoms with Crippen LogP contribution in [-0.2, 0) is 17.5 Å². The highest BCUT2D eigenvalue weighted by Gasteiger charge is 2.46. The molecule has 2 amide bonds. The smallest absolute Gasteiger partial charge is 0.373 e. The quantitative estimate of drug-likeness (QED) is 0.721. The van der Waals surface area contributed by atoms with Crippen molar-refractivity contribution in [2.45, 2.75) is 63.5 Å². The first-order valence-corrected chi connectivity index (χ1v) is 10.0. The minimum Gasteiger partial charge on any atom is -0.373 e. The van der Waals surface area contributed by atoms with Crippen LogP contribution in [0.25, 0.3) is 0 Å². The van der Waals surface area contributed by atoms with Crippen molar-refractivity contribution in [1.29, 1.82) is 0 Å². The molecule has 3 heterocycles. The van der Waals surface area contributed by atoms with Crippen LogP contribution in [-0.4, -0.2) is 38.8 Å². The van der Waals surface area contributed by atoms with Crippen LogP contribution in [0, 0.1) is 0 Å². The Balaban J connectivity index is 1.72. The van der Waals surface area contributed by atoms with Crippen LogP contribution < -0.4 is 11.1 Å². The number of nitrogens with zero attached hydrogens (tertiary/aromatic N) is 3. The molecule has 1 aliphatic heterocycles. The summed E-state index contributed by atoms with van der Waals surface area (Å²) in [4.78, 5) is 28.1. The molecule has 2 fully saturated rings. The van der Waals surface area contributed by atoms with Gasteiger partial charge in [-0.3, -0.25) is 19.3 Å². The molecule has 4 rings (SSSR count). The molecule has 1 saturated carbocycles. The Morgan fingerprint density at radius 2 is 2.03 bits per heavy atom. The van der Waals surface area contributed by atoms with Gasteiger partial charge in [0, 0.05) is 17.8 Å². The molecule has 31 heavy (non-hydrogen) atoms. The van der Waals surface area contributed by atoms with Crippen LogP contribution in [0.5, 0.6) is 0 Å². The van der Waals surface area contributed by atoms with E-state index in [0.717, 1.165) is 11.1 Å². The van der Waals surface area contributed by atoms with Gasteiger partial charge in [0.15, 0.2) is 0 Å². The van der Waals surface area contributed by atoms with E-state index in [1.54, 1.807) is 0 Å². The average molecular weight is 437 g/mol. The second-order valence-electron chi connectivity index (χ2n) is 7.96. The van der Waals surface area contributed by atoms with Gasteiger partial charge in [0.25, 0.3) is 11.8 Å². The molecular weight excluding hydrogens is 415 g/mol. The normalized spacial score (nSPS) is 21.3. The van der Waals surface area contributed by atoms with Crippen molar-refractivity contribution in [2.75, 3.05) is 5.32 Å². The molecule has 0 bridgehead atoms. The van der Waals surface area contributed by atoms with Crippen LogP contribution in [0.3, 0.4) is 0 Å². The molecule has 0 spiro atoms. The molecule has 0 unspecified atom stereocenters. The summed E-state index contributed by atoms with van der Waals surface area (Å²) in [5.74, 6) is -2.10. The van der Waals surface area contributed by atoms with Crippen molar-refractivity contribution in [3.05, 3.63) is 41.0 Å². The third kappa shape index (κ3) is 4.55. The number of pyridine rings is 1. The number of nitrogens with one attached hydrogen (secondary N) is 1. The summed E-state index contributed by atoms with van der Waals surface area (Å²) in [7, 11) is 0. The first-order valence-electron chi connectivity index (χ1n) is 10.0. The lowest BCUT2D eigenvalue weighted by Gasteiger charge is -2.15. The maximum absolute atomic E-state index is 14.0. The van der Waals surface area contributed by atoms with Crippen molar-refractivity contribution in [3.8, 4) is 0 Å². The van der Waals surface area contributed by atoms with Crippen molar-refractivity contribution in [1.82, 2.24) is 14.8 Å². The maximum atomic E-state index is 14.0. The summed E-state index contributed by atoms with van der Waals surface area (Å²) in [6.07, 6.45) is -1.15. The van der Waals surface area contributed by atoms with Crippen molar-refractivity contribution >= 4 is 17.5 Å². The molecule has 2 aliphatic rings. The number of anilines is 1. The molecule has 2 aromatic rings. The summed E-state index contributed by atoms with van der Waals surface area (Å²) in [5, 5.41) is 6.63. The standard InChI is InChI=1S/C20H22F3N5O3/c1-10-2-5-13(31-10)9-28-17(15(20(21,22)23)16(27-28)11-3-4-11)19(30)26-12-6-7-25-14(8-12)18(24)29/h6-8,10-11,13H,2-5,9H2,1H3,(H2,24,29)(H,25,26,30)/t10-,13-/m0/s1. The zero-order chi connectivity index (χ0) is 22.3. The van der Waals surface area contributed by atoms with E-state index in [-0.39, 0.29) is 41.7 Å². The number of aromatic nitrogens is 3. The van der Waals surface area contributed by atoms with Crippen LogP contribution in [0.1, 0.15) is 70.8 Å². The highest BCUT2D eigenvalue weighted by Crippen LogP contribution is 2.46. The largest absolute Gasteiger partial charge is 0.420 e. The van der Waals surface area contributed by atoms with Crippen LogP contribution in [0.4, 0.5) is 18.9 Å². The molecule has 3 N–H and O–H groups in total. The molecule has 11 heteroatoms. The average Bonchev–Trinajstić information content (AvgIpc) is 3.34. The van der Waals surface area contributed by atoms with E-state index >= 15 is 0 Å². The van der Waals surface area contributed by atoms with E-state index in [9.17, 15) is 22.8 Å². The van der Waals surface area contributed by atoms with Gasteiger partial charge in [-0.25, -0.2) is 0 Å². The lowest BCUT2D eigenvalue weighted by molar-refractivity contribution is -0.138. The minimum atomic E-state index is -4.75. The fourth-order valence-electron chi connectivity index (χ4n) is 3.81. The highest BCUT2D eigenvalue weighted by molar-refractivity contribution is 6.05. The Morgan fingerprint density at radius 3 is 2.61 bits per heavy atom. The first kappa shape index (κ1) is 21.3. The maximum Gasteiger partial charge on any atom is 0.420 e. The van der Waals surface area contributed by atoms with Gasteiger partial charge in [0.2, 0.25) is 0 Å². The van der Waals surface area contributed by atoms with Crippen molar-refractivity contribution in [3.63, 3.8) is 0 Å². The van der Waals surface area contributed by atoms with E-state index in [1.807, 2.05) is 6.92 Å². The van der Waals surface area contributed by atoms with E-state index in [0.29, 0.717) is 19.3 Å². The Labute approximate surface area is 176 Å². The number of ether oxygens (including phenoxy) is 1. The molecular formula is C20H22F3N5O3. The van der Waals surface area contributed by atoms with Gasteiger partial charge in [0.05, 0.1) is 24.4 Å². The van der Waals surface area contributed by atoms with Crippen LogP contribution in [0.15, 0.2) is 18.3 Å². The second-order valence-corrected chi connectivity index (χ2v) is 7.96. The van der Waals surface area contributed by atoms with Gasteiger partial charge in [-0.2, -0.15) is 18.3 Å². The van der Waals surface area contributed by atoms with Gasteiger partial charge in [-0.1, -0.05) is 0 Å². The zero-order valence-corrected chi connectivity index (χ0v) is 16.8. The molecule has 0 radical (unpaired) electrons. The molecule has 0 aromatic carbocycles. The molecule has 2 atom stereocenters. The lowest BCUT2D eigenvalue weighted by Crippen LogP contribution is -2.26. The lowest BCUT2D eigenvalue weighted by atomic mass is 10.1. The minimum absolute atomic E-state index is 0.00636. The van der Waals surface area contributed by atoms with Crippen molar-refractivity contribution in [2.24, 2.45) is 5.73 Å². The van der Waals surface area contributed by atoms with Gasteiger partial charge < -0.3 is 15.8 Å². The topological polar surface area (TPSA) is 112 Å². The number of carbonyl (C=O) groups is 2. The third-order valence-electron chi connectivity index (χ3n) is 5.41. The number of carbonyl (C=O) groups excluding carboxylic acids is 2. The van der Waals surface area contributed by atoms with E-state index in [4.69, 9.17) is 10.5 Å². The highest BCUT2D eigenvalue weighted by atomic mass is 19.4. The van der Waals surface area contributed by atoms with Gasteiger partial charge in [-0.05, 0) is 44.7 Å². The number of alkyl halides is 3. The van der Waals surface area contributed by atoms with Gasteiger partial charge in [-0.15, -0.1) is 0 Å². The SMILES string of the molecule is C[C@H]1CC[C@@H](Cn2nc(C3CC3)c(C(F)(F)F)c2C(=O)Nc2ccnc(C(N)=O)c2)O1. The fraction of sp³-hybridized carbons (Fsp3) is 0.500. The van der Waals surface area contributed by atoms with E-state index in [2.05, 4.69) is 15.4 Å². The van der Waals surface area contributed by atoms with E-state index in [1.165, 1.54) is 18.3 Å². The summed E-state index contributed by atoms with van der Waals surface area (Å²) >= 11 is 0. The van der Waals surface area contributed by atoms with E-state index < -0.39 is 29.2 Å². The summed E-state index contributed by atoms with van der Waals surface area (Å²) < 4.78 is 48.9. The first-order chi connectivity index (χ1) is 14.6.